The third-order valence-corrected chi connectivity index (χ3v) is 4.46. The maximum Gasteiger partial charge on any atom is 0.267 e. The molecular weight excluding hydrogens is 326 g/mol. The van der Waals surface area contributed by atoms with Crippen LogP contribution in [-0.4, -0.2) is 17.0 Å². The molecule has 0 saturated carbocycles. The highest BCUT2D eigenvalue weighted by atomic mass is 79.9. The molecule has 3 N–H and O–H groups in total. The minimum atomic E-state index is -0.0748. The van der Waals surface area contributed by atoms with Gasteiger partial charge in [-0.25, -0.2) is 0 Å². The van der Waals surface area contributed by atoms with Gasteiger partial charge < -0.3 is 15.6 Å². The Hall–Kier alpha value is -1.27. The molecule has 0 aromatic carbocycles. The van der Waals surface area contributed by atoms with Gasteiger partial charge in [-0.2, -0.15) is 0 Å². The summed E-state index contributed by atoms with van der Waals surface area (Å²) in [5.41, 5.74) is 6.95. The fourth-order valence-electron chi connectivity index (χ4n) is 1.86. The van der Waals surface area contributed by atoms with E-state index < -0.39 is 0 Å². The van der Waals surface area contributed by atoms with E-state index in [9.17, 15) is 4.79 Å². The highest BCUT2D eigenvalue weighted by Gasteiger charge is 2.11. The van der Waals surface area contributed by atoms with Gasteiger partial charge in [-0.3, -0.25) is 4.79 Å². The Morgan fingerprint density at radius 1 is 1.53 bits per heavy atom. The summed E-state index contributed by atoms with van der Waals surface area (Å²) < 4.78 is 2.97. The highest BCUT2D eigenvalue weighted by molar-refractivity contribution is 9.11. The summed E-state index contributed by atoms with van der Waals surface area (Å²) >= 11 is 5.11. The van der Waals surface area contributed by atoms with E-state index in [1.54, 1.807) is 23.6 Å². The molecule has 0 spiro atoms. The number of anilines is 1. The van der Waals surface area contributed by atoms with Crippen LogP contribution in [0.5, 0.6) is 0 Å². The van der Waals surface area contributed by atoms with E-state index in [1.165, 1.54) is 4.88 Å². The number of rotatable bonds is 5. The second-order valence-corrected chi connectivity index (χ2v) is 6.70. The summed E-state index contributed by atoms with van der Waals surface area (Å²) in [5.74, 6) is -0.0748. The quantitative estimate of drug-likeness (QED) is 0.878. The van der Waals surface area contributed by atoms with Gasteiger partial charge >= 0.3 is 0 Å². The predicted octanol–water partition coefficient (Wildman–Crippen LogP) is 2.89. The Balaban J connectivity index is 1.90. The molecule has 102 valence electrons. The minimum Gasteiger partial charge on any atom is -0.397 e. The number of aryl methyl sites for hydroxylation is 1. The summed E-state index contributed by atoms with van der Waals surface area (Å²) in [6.45, 7) is 3.35. The molecule has 2 rings (SSSR count). The lowest BCUT2D eigenvalue weighted by molar-refractivity contribution is 0.0945. The summed E-state index contributed by atoms with van der Waals surface area (Å²) in [7, 11) is 0. The summed E-state index contributed by atoms with van der Waals surface area (Å²) in [4.78, 5) is 13.3. The molecule has 2 aromatic rings. The normalized spacial score (nSPS) is 10.6. The van der Waals surface area contributed by atoms with Crippen LogP contribution in [0.15, 0.2) is 28.2 Å². The zero-order valence-electron chi connectivity index (χ0n) is 10.6. The van der Waals surface area contributed by atoms with Gasteiger partial charge in [-0.1, -0.05) is 0 Å². The van der Waals surface area contributed by atoms with E-state index in [0.717, 1.165) is 16.8 Å². The van der Waals surface area contributed by atoms with Gasteiger partial charge in [0.05, 0.1) is 9.47 Å². The van der Waals surface area contributed by atoms with Gasteiger partial charge in [0.1, 0.15) is 5.69 Å². The van der Waals surface area contributed by atoms with Crippen LogP contribution in [0.2, 0.25) is 0 Å². The molecule has 0 atom stereocenters. The fraction of sp³-hybridized carbons (Fsp3) is 0.308. The molecule has 0 radical (unpaired) electrons. The zero-order valence-corrected chi connectivity index (χ0v) is 13.1. The van der Waals surface area contributed by atoms with Crippen molar-refractivity contribution >= 4 is 38.9 Å². The number of nitrogens with one attached hydrogen (secondary N) is 1. The summed E-state index contributed by atoms with van der Waals surface area (Å²) in [6.07, 6.45) is 2.62. The van der Waals surface area contributed by atoms with Crippen molar-refractivity contribution < 1.29 is 4.79 Å². The van der Waals surface area contributed by atoms with Crippen LogP contribution in [0, 0.1) is 0 Å². The monoisotopic (exact) mass is 341 g/mol. The maximum absolute atomic E-state index is 12.0. The van der Waals surface area contributed by atoms with Gasteiger partial charge in [0.2, 0.25) is 0 Å². The molecule has 0 bridgehead atoms. The average molecular weight is 342 g/mol. The molecule has 0 fully saturated rings. The standard InChI is InChI=1S/C13H16BrN3OS/c1-2-17-8-9(15)7-11(17)13(18)16-6-5-10-3-4-12(14)19-10/h3-4,7-8H,2,5-6,15H2,1H3,(H,16,18). The number of hydrogen-bond acceptors (Lipinski definition) is 3. The number of aromatic nitrogens is 1. The predicted molar refractivity (Wildman–Crippen MR) is 82.6 cm³/mol. The third-order valence-electron chi connectivity index (χ3n) is 2.78. The average Bonchev–Trinajstić information content (AvgIpc) is 2.95. The minimum absolute atomic E-state index is 0.0748. The van der Waals surface area contributed by atoms with Crippen molar-refractivity contribution in [3.05, 3.63) is 38.8 Å². The lowest BCUT2D eigenvalue weighted by atomic mass is 10.3. The number of thiophene rings is 1. The van der Waals surface area contributed by atoms with Crippen LogP contribution < -0.4 is 11.1 Å². The highest BCUT2D eigenvalue weighted by Crippen LogP contribution is 2.22. The van der Waals surface area contributed by atoms with E-state index in [-0.39, 0.29) is 5.91 Å². The topological polar surface area (TPSA) is 60.0 Å². The third kappa shape index (κ3) is 3.61. The van der Waals surface area contributed by atoms with Crippen LogP contribution >= 0.6 is 27.3 Å². The van der Waals surface area contributed by atoms with Crippen LogP contribution in [0.3, 0.4) is 0 Å². The number of nitrogens with two attached hydrogens (primary N) is 1. The molecule has 19 heavy (non-hydrogen) atoms. The van der Waals surface area contributed by atoms with Crippen molar-refractivity contribution in [1.29, 1.82) is 0 Å². The second kappa shape index (κ2) is 6.25. The number of amides is 1. The van der Waals surface area contributed by atoms with Crippen molar-refractivity contribution in [3.8, 4) is 0 Å². The van der Waals surface area contributed by atoms with Crippen molar-refractivity contribution in [3.63, 3.8) is 0 Å². The number of halogens is 1. The van der Waals surface area contributed by atoms with Crippen LogP contribution in [-0.2, 0) is 13.0 Å². The van der Waals surface area contributed by atoms with Crippen LogP contribution in [0.4, 0.5) is 5.69 Å². The Labute approximate surface area is 124 Å². The molecule has 1 amide bonds. The molecule has 2 heterocycles. The fourth-order valence-corrected chi connectivity index (χ4v) is 3.34. The van der Waals surface area contributed by atoms with Crippen molar-refractivity contribution in [1.82, 2.24) is 9.88 Å². The van der Waals surface area contributed by atoms with Crippen molar-refractivity contribution in [2.75, 3.05) is 12.3 Å². The SMILES string of the molecule is CCn1cc(N)cc1C(=O)NCCc1ccc(Br)s1. The Kier molecular flexibility index (Phi) is 4.66. The number of carbonyl (C=O) groups is 1. The van der Waals surface area contributed by atoms with E-state index >= 15 is 0 Å². The lowest BCUT2D eigenvalue weighted by Gasteiger charge is -2.06. The van der Waals surface area contributed by atoms with E-state index in [2.05, 4.69) is 27.3 Å². The summed E-state index contributed by atoms with van der Waals surface area (Å²) in [6, 6.07) is 5.79. The number of hydrogen-bond donors (Lipinski definition) is 2. The molecule has 0 unspecified atom stereocenters. The van der Waals surface area contributed by atoms with Crippen LogP contribution in [0.25, 0.3) is 0 Å². The van der Waals surface area contributed by atoms with E-state index in [4.69, 9.17) is 5.73 Å². The summed E-state index contributed by atoms with van der Waals surface area (Å²) in [5, 5.41) is 2.92. The molecule has 2 aromatic heterocycles. The second-order valence-electron chi connectivity index (χ2n) is 4.16. The van der Waals surface area contributed by atoms with Crippen molar-refractivity contribution in [2.24, 2.45) is 0 Å². The Morgan fingerprint density at radius 3 is 2.95 bits per heavy atom. The van der Waals surface area contributed by atoms with Gasteiger partial charge in [0.15, 0.2) is 0 Å². The molecule has 4 nitrogen and oxygen atoms in total. The van der Waals surface area contributed by atoms with Gasteiger partial charge in [0, 0.05) is 24.2 Å². The molecule has 0 aliphatic heterocycles. The largest absolute Gasteiger partial charge is 0.397 e. The van der Waals surface area contributed by atoms with E-state index in [0.29, 0.717) is 17.9 Å². The Morgan fingerprint density at radius 2 is 2.32 bits per heavy atom. The molecule has 0 aliphatic rings. The number of nitrogen functional groups attached to an aromatic ring is 1. The van der Waals surface area contributed by atoms with Gasteiger partial charge in [-0.15, -0.1) is 11.3 Å². The van der Waals surface area contributed by atoms with Gasteiger partial charge in [-0.05, 0) is 47.5 Å². The lowest BCUT2D eigenvalue weighted by Crippen LogP contribution is -2.27. The van der Waals surface area contributed by atoms with Crippen LogP contribution in [0.1, 0.15) is 22.3 Å². The smallest absolute Gasteiger partial charge is 0.267 e. The Bertz CT molecular complexity index is 576. The first-order valence-corrected chi connectivity index (χ1v) is 7.69. The van der Waals surface area contributed by atoms with E-state index in [1.807, 2.05) is 17.6 Å². The molecule has 6 heteroatoms. The van der Waals surface area contributed by atoms with Gasteiger partial charge in [0.25, 0.3) is 5.91 Å². The zero-order chi connectivity index (χ0) is 13.8. The number of nitrogens with zero attached hydrogens (tertiary/aromatic N) is 1. The first kappa shape index (κ1) is 14.1. The first-order valence-electron chi connectivity index (χ1n) is 6.08. The maximum atomic E-state index is 12.0. The van der Waals surface area contributed by atoms with Crippen molar-refractivity contribution in [2.45, 2.75) is 19.9 Å². The first-order chi connectivity index (χ1) is 9.10. The number of carbonyl (C=O) groups excluding carboxylic acids is 1. The molecule has 0 aliphatic carbocycles. The molecule has 0 saturated heterocycles. The molecular formula is C13H16BrN3OS.